The molecule has 0 saturated carbocycles. The molecule has 1 amide bonds. The molecule has 2 heterocycles. The lowest BCUT2D eigenvalue weighted by Crippen LogP contribution is -2.24. The fourth-order valence-electron chi connectivity index (χ4n) is 2.69. The minimum absolute atomic E-state index is 0.0773. The quantitative estimate of drug-likeness (QED) is 0.402. The highest BCUT2D eigenvalue weighted by Gasteiger charge is 2.13. The number of carbonyl (C=O) groups is 1. The summed E-state index contributed by atoms with van der Waals surface area (Å²) in [5, 5.41) is 8.65. The van der Waals surface area contributed by atoms with Crippen LogP contribution in [0.1, 0.15) is 5.56 Å². The summed E-state index contributed by atoms with van der Waals surface area (Å²) in [4.78, 5) is 20.7. The molecule has 0 saturated heterocycles. The number of aromatic nitrogens is 4. The Morgan fingerprint density at radius 3 is 2.64 bits per heavy atom. The van der Waals surface area contributed by atoms with E-state index in [0.717, 1.165) is 10.9 Å². The number of nitrogens with zero attached hydrogens (tertiary/aromatic N) is 4. The molecule has 0 aliphatic carbocycles. The van der Waals surface area contributed by atoms with Gasteiger partial charge in [0.05, 0.1) is 23.0 Å². The molecule has 0 fully saturated rings. The van der Waals surface area contributed by atoms with Crippen LogP contribution in [0.25, 0.3) is 16.7 Å². The first-order chi connectivity index (χ1) is 13.7. The van der Waals surface area contributed by atoms with Crippen LogP contribution in [0, 0.1) is 5.82 Å². The molecule has 0 aliphatic rings. The second kappa shape index (κ2) is 8.18. The second-order valence-electron chi connectivity index (χ2n) is 6.00. The number of carbonyl (C=O) groups excluding carboxylic acids is 1. The summed E-state index contributed by atoms with van der Waals surface area (Å²) in [6.45, 7) is 0.488. The van der Waals surface area contributed by atoms with Gasteiger partial charge in [0.1, 0.15) is 17.2 Å². The summed E-state index contributed by atoms with van der Waals surface area (Å²) in [6.07, 6.45) is 3.09. The highest BCUT2D eigenvalue weighted by Crippen LogP contribution is 2.25. The van der Waals surface area contributed by atoms with Crippen molar-refractivity contribution in [2.24, 2.45) is 0 Å². The molecular weight excluding hydrogens is 377 g/mol. The molecule has 2 aromatic heterocycles. The van der Waals surface area contributed by atoms with Gasteiger partial charge in [0, 0.05) is 6.54 Å². The number of halogens is 1. The molecule has 4 rings (SSSR count). The van der Waals surface area contributed by atoms with Crippen molar-refractivity contribution in [2.45, 2.75) is 11.6 Å². The number of thioether (sulfide) groups is 1. The lowest BCUT2D eigenvalue weighted by Gasteiger charge is -2.06. The summed E-state index contributed by atoms with van der Waals surface area (Å²) >= 11 is 1.33. The number of rotatable bonds is 6. The Bertz CT molecular complexity index is 1100. The van der Waals surface area contributed by atoms with E-state index in [4.69, 9.17) is 0 Å². The van der Waals surface area contributed by atoms with Crippen LogP contribution in [0.15, 0.2) is 72.1 Å². The summed E-state index contributed by atoms with van der Waals surface area (Å²) in [7, 11) is 0. The van der Waals surface area contributed by atoms with Crippen LogP contribution in [0.3, 0.4) is 0 Å². The molecule has 4 aromatic rings. The minimum Gasteiger partial charge on any atom is -0.351 e. The van der Waals surface area contributed by atoms with Crippen molar-refractivity contribution in [3.63, 3.8) is 0 Å². The first kappa shape index (κ1) is 18.1. The summed E-state index contributed by atoms with van der Waals surface area (Å²) < 4.78 is 14.8. The van der Waals surface area contributed by atoms with E-state index in [1.807, 2.05) is 30.3 Å². The summed E-state index contributed by atoms with van der Waals surface area (Å²) in [6, 6.07) is 15.7. The predicted molar refractivity (Wildman–Crippen MR) is 106 cm³/mol. The summed E-state index contributed by atoms with van der Waals surface area (Å²) in [5.74, 6) is -0.153. The lowest BCUT2D eigenvalue weighted by atomic mass is 10.2. The predicted octanol–water partition coefficient (Wildman–Crippen LogP) is 3.36. The van der Waals surface area contributed by atoms with Crippen molar-refractivity contribution in [2.75, 3.05) is 5.75 Å². The van der Waals surface area contributed by atoms with E-state index in [0.29, 0.717) is 22.9 Å². The number of benzene rings is 2. The van der Waals surface area contributed by atoms with Crippen molar-refractivity contribution >= 4 is 28.7 Å². The second-order valence-corrected chi connectivity index (χ2v) is 6.96. The molecule has 0 radical (unpaired) electrons. The van der Waals surface area contributed by atoms with Gasteiger partial charge in [-0.1, -0.05) is 42.1 Å². The van der Waals surface area contributed by atoms with Crippen molar-refractivity contribution in [3.05, 3.63) is 78.5 Å². The molecule has 0 spiro atoms. The third-order valence-electron chi connectivity index (χ3n) is 4.07. The number of hydrogen-bond donors (Lipinski definition) is 1. The van der Waals surface area contributed by atoms with Gasteiger partial charge in [-0.25, -0.2) is 19.0 Å². The van der Waals surface area contributed by atoms with E-state index >= 15 is 0 Å². The van der Waals surface area contributed by atoms with Gasteiger partial charge < -0.3 is 5.32 Å². The highest BCUT2D eigenvalue weighted by molar-refractivity contribution is 8.00. The van der Waals surface area contributed by atoms with Crippen LogP contribution >= 0.6 is 11.8 Å². The van der Waals surface area contributed by atoms with Gasteiger partial charge in [0.25, 0.3) is 0 Å². The fourth-order valence-corrected chi connectivity index (χ4v) is 3.48. The maximum atomic E-state index is 13.2. The van der Waals surface area contributed by atoms with Crippen molar-refractivity contribution in [1.29, 1.82) is 0 Å². The molecule has 2 aromatic carbocycles. The Kier molecular flexibility index (Phi) is 5.29. The molecule has 1 N–H and O–H groups in total. The maximum Gasteiger partial charge on any atom is 0.230 e. The maximum absolute atomic E-state index is 13.2. The van der Waals surface area contributed by atoms with Gasteiger partial charge >= 0.3 is 0 Å². The Morgan fingerprint density at radius 2 is 1.86 bits per heavy atom. The first-order valence-corrected chi connectivity index (χ1v) is 9.57. The van der Waals surface area contributed by atoms with Gasteiger partial charge in [0.15, 0.2) is 5.65 Å². The number of hydrogen-bond acceptors (Lipinski definition) is 5. The van der Waals surface area contributed by atoms with Gasteiger partial charge in [-0.3, -0.25) is 4.79 Å². The normalized spacial score (nSPS) is 10.9. The highest BCUT2D eigenvalue weighted by atomic mass is 32.2. The van der Waals surface area contributed by atoms with E-state index in [-0.39, 0.29) is 17.5 Å². The Balaban J connectivity index is 1.46. The molecular formula is C20H16FN5OS. The van der Waals surface area contributed by atoms with Crippen LogP contribution in [-0.4, -0.2) is 31.4 Å². The number of fused-ring (bicyclic) bond motifs is 1. The largest absolute Gasteiger partial charge is 0.351 e. The van der Waals surface area contributed by atoms with Crippen LogP contribution in [-0.2, 0) is 11.3 Å². The monoisotopic (exact) mass is 393 g/mol. The third-order valence-corrected chi connectivity index (χ3v) is 5.08. The smallest absolute Gasteiger partial charge is 0.230 e. The van der Waals surface area contributed by atoms with E-state index in [1.165, 1.54) is 30.2 Å². The third kappa shape index (κ3) is 4.01. The first-order valence-electron chi connectivity index (χ1n) is 8.59. The fraction of sp³-hybridized carbons (Fsp3) is 0.100. The molecule has 0 unspecified atom stereocenters. The Labute approximate surface area is 164 Å². The van der Waals surface area contributed by atoms with E-state index in [2.05, 4.69) is 20.4 Å². The topological polar surface area (TPSA) is 72.7 Å². The van der Waals surface area contributed by atoms with Crippen LogP contribution in [0.4, 0.5) is 4.39 Å². The zero-order chi connectivity index (χ0) is 19.3. The molecule has 28 heavy (non-hydrogen) atoms. The molecule has 8 heteroatoms. The van der Waals surface area contributed by atoms with Crippen molar-refractivity contribution in [3.8, 4) is 5.69 Å². The summed E-state index contributed by atoms with van der Waals surface area (Å²) in [5.41, 5.74) is 2.35. The van der Waals surface area contributed by atoms with Gasteiger partial charge in [-0.2, -0.15) is 5.10 Å². The Morgan fingerprint density at radius 1 is 1.07 bits per heavy atom. The van der Waals surface area contributed by atoms with Crippen molar-refractivity contribution < 1.29 is 9.18 Å². The van der Waals surface area contributed by atoms with Crippen LogP contribution in [0.5, 0.6) is 0 Å². The van der Waals surface area contributed by atoms with E-state index in [9.17, 15) is 9.18 Å². The van der Waals surface area contributed by atoms with Crippen LogP contribution in [0.2, 0.25) is 0 Å². The average molecular weight is 393 g/mol. The average Bonchev–Trinajstić information content (AvgIpc) is 3.17. The van der Waals surface area contributed by atoms with E-state index in [1.54, 1.807) is 23.0 Å². The number of nitrogens with one attached hydrogen (secondary N) is 1. The lowest BCUT2D eigenvalue weighted by molar-refractivity contribution is -0.118. The van der Waals surface area contributed by atoms with E-state index < -0.39 is 0 Å². The van der Waals surface area contributed by atoms with Gasteiger partial charge in [-0.15, -0.1) is 0 Å². The zero-order valence-corrected chi connectivity index (χ0v) is 15.6. The number of amides is 1. The molecule has 6 nitrogen and oxygen atoms in total. The minimum atomic E-state index is -0.312. The van der Waals surface area contributed by atoms with Gasteiger partial charge in [0.2, 0.25) is 5.91 Å². The molecule has 0 aliphatic heterocycles. The Hall–Kier alpha value is -3.26. The standard InChI is InChI=1S/C20H16FN5OS/c21-15-6-8-16(9-7-15)26-19-17(11-25-26)20(24-13-23-19)28-12-18(27)22-10-14-4-2-1-3-5-14/h1-9,11,13H,10,12H2,(H,22,27). The molecule has 140 valence electrons. The molecule has 0 atom stereocenters. The van der Waals surface area contributed by atoms with Crippen molar-refractivity contribution in [1.82, 2.24) is 25.1 Å². The zero-order valence-electron chi connectivity index (χ0n) is 14.7. The van der Waals surface area contributed by atoms with Gasteiger partial charge in [-0.05, 0) is 29.8 Å². The molecule has 0 bridgehead atoms. The SMILES string of the molecule is O=C(CSc1ncnc2c1cnn2-c1ccc(F)cc1)NCc1ccccc1. The van der Waals surface area contributed by atoms with Crippen LogP contribution < -0.4 is 5.32 Å².